The van der Waals surface area contributed by atoms with Gasteiger partial charge in [-0.3, -0.25) is 0 Å². The minimum absolute atomic E-state index is 0.513. The number of likely N-dealkylation sites (N-methyl/N-ethyl adjacent to an activating group) is 1. The smallest absolute Gasteiger partial charge is 0.0821 e. The average molecular weight is 313 g/mol. The molecule has 1 aliphatic carbocycles. The minimum atomic E-state index is -0.513. The first-order chi connectivity index (χ1) is 8.54. The fraction of sp³-hybridized carbons (Fsp3) is 0.571. The highest BCUT2D eigenvalue weighted by molar-refractivity contribution is 9.10. The summed E-state index contributed by atoms with van der Waals surface area (Å²) in [6.07, 6.45) is 4.10. The second-order valence-electron chi connectivity index (χ2n) is 5.28. The second kappa shape index (κ2) is 5.59. The van der Waals surface area contributed by atoms with E-state index in [1.165, 1.54) is 0 Å². The number of benzene rings is 1. The van der Waals surface area contributed by atoms with Crippen molar-refractivity contribution in [1.82, 2.24) is 0 Å². The quantitative estimate of drug-likeness (QED) is 0.898. The molecule has 2 rings (SSSR count). The molecule has 1 fully saturated rings. The van der Waals surface area contributed by atoms with Crippen molar-refractivity contribution in [2.45, 2.75) is 37.8 Å². The van der Waals surface area contributed by atoms with Crippen LogP contribution in [0.1, 0.15) is 31.2 Å². The zero-order valence-electron chi connectivity index (χ0n) is 10.8. The molecule has 100 valence electrons. The summed E-state index contributed by atoms with van der Waals surface area (Å²) in [7, 11) is 2.03. The molecule has 1 aromatic carbocycles. The van der Waals surface area contributed by atoms with Crippen LogP contribution in [0.15, 0.2) is 22.7 Å². The Morgan fingerprint density at radius 3 is 2.61 bits per heavy atom. The highest BCUT2D eigenvalue weighted by atomic mass is 79.9. The number of nitrogens with two attached hydrogens (primary N) is 1. The molecule has 0 radical (unpaired) electrons. The maximum atomic E-state index is 10.4. The first kappa shape index (κ1) is 13.8. The molecule has 0 unspecified atom stereocenters. The maximum absolute atomic E-state index is 10.4. The molecule has 4 heteroatoms. The van der Waals surface area contributed by atoms with Crippen molar-refractivity contribution in [3.8, 4) is 0 Å². The van der Waals surface area contributed by atoms with Gasteiger partial charge < -0.3 is 15.7 Å². The lowest BCUT2D eigenvalue weighted by Crippen LogP contribution is -2.39. The van der Waals surface area contributed by atoms with E-state index < -0.39 is 5.60 Å². The maximum Gasteiger partial charge on any atom is 0.0821 e. The number of anilines is 1. The lowest BCUT2D eigenvalue weighted by Gasteiger charge is -2.30. The molecule has 18 heavy (non-hydrogen) atoms. The molecule has 3 nitrogen and oxygen atoms in total. The topological polar surface area (TPSA) is 49.5 Å². The van der Waals surface area contributed by atoms with Crippen LogP contribution in [0, 0.1) is 0 Å². The predicted octanol–water partition coefficient (Wildman–Crippen LogP) is 2.65. The Morgan fingerprint density at radius 2 is 2.06 bits per heavy atom. The van der Waals surface area contributed by atoms with Crippen molar-refractivity contribution in [1.29, 1.82) is 0 Å². The van der Waals surface area contributed by atoms with Crippen molar-refractivity contribution < 1.29 is 5.11 Å². The summed E-state index contributed by atoms with van der Waals surface area (Å²) in [4.78, 5) is 2.12. The number of rotatable bonds is 4. The van der Waals surface area contributed by atoms with Crippen molar-refractivity contribution in [3.63, 3.8) is 0 Å². The van der Waals surface area contributed by atoms with Gasteiger partial charge >= 0.3 is 0 Å². The number of hydrogen-bond acceptors (Lipinski definition) is 3. The number of nitrogens with zero attached hydrogens (tertiary/aromatic N) is 1. The van der Waals surface area contributed by atoms with Crippen LogP contribution in [-0.2, 0) is 6.54 Å². The van der Waals surface area contributed by atoms with Crippen LogP contribution in [0.2, 0.25) is 0 Å². The summed E-state index contributed by atoms with van der Waals surface area (Å²) < 4.78 is 1.04. The van der Waals surface area contributed by atoms with Crippen molar-refractivity contribution in [2.75, 3.05) is 18.5 Å². The highest BCUT2D eigenvalue weighted by Gasteiger charge is 2.32. The van der Waals surface area contributed by atoms with Gasteiger partial charge in [-0.2, -0.15) is 0 Å². The third kappa shape index (κ3) is 3.05. The van der Waals surface area contributed by atoms with Gasteiger partial charge in [-0.15, -0.1) is 0 Å². The highest BCUT2D eigenvalue weighted by Crippen LogP contribution is 2.33. The predicted molar refractivity (Wildman–Crippen MR) is 78.7 cm³/mol. The van der Waals surface area contributed by atoms with E-state index in [4.69, 9.17) is 5.73 Å². The molecule has 1 saturated carbocycles. The third-order valence-electron chi connectivity index (χ3n) is 3.72. The molecule has 0 aliphatic heterocycles. The lowest BCUT2D eigenvalue weighted by molar-refractivity contribution is 0.0559. The van der Waals surface area contributed by atoms with Gasteiger partial charge in [0.25, 0.3) is 0 Å². The molecular formula is C14H21BrN2O. The monoisotopic (exact) mass is 312 g/mol. The van der Waals surface area contributed by atoms with Crippen LogP contribution in [0.25, 0.3) is 0 Å². The Hall–Kier alpha value is -0.580. The van der Waals surface area contributed by atoms with Gasteiger partial charge in [0, 0.05) is 24.6 Å². The molecule has 0 aromatic heterocycles. The standard InChI is InChI=1S/C14H21BrN2O/c1-17(10-14(18)6-2-3-7-14)13-5-4-11(9-16)8-12(13)15/h4-5,8,18H,2-3,6-7,9-10,16H2,1H3. The SMILES string of the molecule is CN(CC1(O)CCCC1)c1ccc(CN)cc1Br. The molecule has 0 heterocycles. The Kier molecular flexibility index (Phi) is 4.30. The summed E-state index contributed by atoms with van der Waals surface area (Å²) >= 11 is 3.58. The van der Waals surface area contributed by atoms with Crippen LogP contribution < -0.4 is 10.6 Å². The summed E-state index contributed by atoms with van der Waals surface area (Å²) in [6.45, 7) is 1.24. The Balaban J connectivity index is 2.11. The number of halogens is 1. The summed E-state index contributed by atoms with van der Waals surface area (Å²) in [5.41, 5.74) is 7.32. The first-order valence-electron chi connectivity index (χ1n) is 6.46. The summed E-state index contributed by atoms with van der Waals surface area (Å²) in [5.74, 6) is 0. The van der Waals surface area contributed by atoms with Gasteiger partial charge in [0.15, 0.2) is 0 Å². The molecule has 3 N–H and O–H groups in total. The van der Waals surface area contributed by atoms with Gasteiger partial charge in [-0.25, -0.2) is 0 Å². The lowest BCUT2D eigenvalue weighted by atomic mass is 10.0. The van der Waals surface area contributed by atoms with E-state index in [2.05, 4.69) is 26.9 Å². The normalized spacial score (nSPS) is 18.0. The van der Waals surface area contributed by atoms with Crippen molar-refractivity contribution in [2.24, 2.45) is 5.73 Å². The van der Waals surface area contributed by atoms with Crippen LogP contribution >= 0.6 is 15.9 Å². The fourth-order valence-electron chi connectivity index (χ4n) is 2.70. The van der Waals surface area contributed by atoms with Gasteiger partial charge in [-0.1, -0.05) is 18.9 Å². The van der Waals surface area contributed by atoms with E-state index in [1.807, 2.05) is 19.2 Å². The van der Waals surface area contributed by atoms with Crippen LogP contribution in [0.5, 0.6) is 0 Å². The Morgan fingerprint density at radius 1 is 1.39 bits per heavy atom. The van der Waals surface area contributed by atoms with Crippen molar-refractivity contribution >= 4 is 21.6 Å². The van der Waals surface area contributed by atoms with E-state index in [0.29, 0.717) is 13.1 Å². The van der Waals surface area contributed by atoms with E-state index >= 15 is 0 Å². The zero-order valence-corrected chi connectivity index (χ0v) is 12.4. The van der Waals surface area contributed by atoms with Crippen LogP contribution in [0.4, 0.5) is 5.69 Å². The van der Waals surface area contributed by atoms with E-state index in [1.54, 1.807) is 0 Å². The molecule has 0 spiro atoms. The molecule has 1 aromatic rings. The van der Waals surface area contributed by atoms with Crippen LogP contribution in [-0.4, -0.2) is 24.3 Å². The first-order valence-corrected chi connectivity index (χ1v) is 7.25. The minimum Gasteiger partial charge on any atom is -0.388 e. The van der Waals surface area contributed by atoms with Gasteiger partial charge in [0.1, 0.15) is 0 Å². The van der Waals surface area contributed by atoms with Gasteiger partial charge in [0.05, 0.1) is 11.3 Å². The Bertz CT molecular complexity index is 416. The largest absolute Gasteiger partial charge is 0.388 e. The second-order valence-corrected chi connectivity index (χ2v) is 6.13. The van der Waals surface area contributed by atoms with E-state index in [-0.39, 0.29) is 0 Å². The van der Waals surface area contributed by atoms with Gasteiger partial charge in [-0.05, 0) is 46.5 Å². The van der Waals surface area contributed by atoms with Crippen molar-refractivity contribution in [3.05, 3.63) is 28.2 Å². The van der Waals surface area contributed by atoms with E-state index in [9.17, 15) is 5.11 Å². The van der Waals surface area contributed by atoms with E-state index in [0.717, 1.165) is 41.4 Å². The molecule has 0 saturated heterocycles. The molecular weight excluding hydrogens is 292 g/mol. The van der Waals surface area contributed by atoms with Crippen LogP contribution in [0.3, 0.4) is 0 Å². The summed E-state index contributed by atoms with van der Waals surface area (Å²) in [6, 6.07) is 6.14. The van der Waals surface area contributed by atoms with Gasteiger partial charge in [0.2, 0.25) is 0 Å². The number of hydrogen-bond donors (Lipinski definition) is 2. The zero-order chi connectivity index (χ0) is 13.2. The molecule has 0 atom stereocenters. The molecule has 0 amide bonds. The fourth-order valence-corrected chi connectivity index (χ4v) is 3.43. The summed E-state index contributed by atoms with van der Waals surface area (Å²) in [5, 5.41) is 10.4. The third-order valence-corrected chi connectivity index (χ3v) is 4.36. The average Bonchev–Trinajstić information content (AvgIpc) is 2.75. The molecule has 1 aliphatic rings. The molecule has 0 bridgehead atoms. The Labute approximate surface area is 117 Å². The number of aliphatic hydroxyl groups is 1.